The number of aromatic hydroxyl groups is 1. The van der Waals surface area contributed by atoms with Crippen LogP contribution in [0.2, 0.25) is 0 Å². The highest BCUT2D eigenvalue weighted by Gasteiger charge is 2.12. The van der Waals surface area contributed by atoms with Gasteiger partial charge in [-0.1, -0.05) is 0 Å². The molecule has 21 heavy (non-hydrogen) atoms. The average molecular weight is 293 g/mol. The first-order chi connectivity index (χ1) is 10.1. The summed E-state index contributed by atoms with van der Waals surface area (Å²) in [6.07, 6.45) is 2.86. The second-order valence-electron chi connectivity index (χ2n) is 4.59. The van der Waals surface area contributed by atoms with Crippen molar-refractivity contribution in [1.29, 1.82) is 0 Å². The molecule has 1 aliphatic rings. The Labute approximate surface area is 122 Å². The molecule has 0 spiro atoms. The number of aryl methyl sites for hydroxylation is 1. The summed E-state index contributed by atoms with van der Waals surface area (Å²) >= 11 is 0. The first kappa shape index (κ1) is 15.2. The lowest BCUT2D eigenvalue weighted by Crippen LogP contribution is -2.44. The zero-order chi connectivity index (χ0) is 15.2. The zero-order valence-electron chi connectivity index (χ0n) is 11.9. The third kappa shape index (κ3) is 3.67. The molecule has 2 heterocycles. The van der Waals surface area contributed by atoms with Gasteiger partial charge in [0.1, 0.15) is 5.75 Å². The van der Waals surface area contributed by atoms with E-state index >= 15 is 0 Å². The number of guanidine groups is 1. The molecule has 0 radical (unpaired) electrons. The van der Waals surface area contributed by atoms with Crippen molar-refractivity contribution in [2.75, 3.05) is 26.3 Å². The van der Waals surface area contributed by atoms with Gasteiger partial charge in [-0.15, -0.1) is 5.10 Å². The summed E-state index contributed by atoms with van der Waals surface area (Å²) in [5.74, 6) is 0.274. The molecule has 1 saturated heterocycles. The lowest BCUT2D eigenvalue weighted by atomic mass is 10.1. The van der Waals surface area contributed by atoms with E-state index in [0.717, 1.165) is 0 Å². The minimum Gasteiger partial charge on any atom is -0.505 e. The second kappa shape index (κ2) is 7.00. The van der Waals surface area contributed by atoms with Crippen molar-refractivity contribution < 1.29 is 14.9 Å². The summed E-state index contributed by atoms with van der Waals surface area (Å²) in [6, 6.07) is 0. The molecule has 0 amide bonds. The number of aliphatic hydroxyl groups excluding tert-OH is 1. The molecule has 8 heteroatoms. The van der Waals surface area contributed by atoms with E-state index in [1.807, 2.05) is 4.90 Å². The van der Waals surface area contributed by atoms with Crippen LogP contribution in [0.25, 0.3) is 0 Å². The summed E-state index contributed by atoms with van der Waals surface area (Å²) in [5, 5.41) is 27.0. The van der Waals surface area contributed by atoms with Crippen LogP contribution in [0.1, 0.15) is 16.8 Å². The van der Waals surface area contributed by atoms with Crippen LogP contribution in [0.15, 0.2) is 16.4 Å². The third-order valence-electron chi connectivity index (χ3n) is 3.21. The van der Waals surface area contributed by atoms with Crippen molar-refractivity contribution >= 4 is 12.2 Å². The molecule has 1 aromatic rings. The number of morpholine rings is 1. The molecule has 0 aliphatic carbocycles. The predicted octanol–water partition coefficient (Wildman–Crippen LogP) is -0.431. The maximum absolute atomic E-state index is 9.95. The zero-order valence-corrected chi connectivity index (χ0v) is 11.9. The van der Waals surface area contributed by atoms with Crippen LogP contribution in [-0.4, -0.2) is 58.6 Å². The van der Waals surface area contributed by atoms with Crippen LogP contribution in [0, 0.1) is 6.92 Å². The molecule has 1 fully saturated rings. The lowest BCUT2D eigenvalue weighted by molar-refractivity contribution is 0.0674. The number of pyridine rings is 1. The maximum Gasteiger partial charge on any atom is 0.216 e. The van der Waals surface area contributed by atoms with E-state index < -0.39 is 0 Å². The Bertz CT molecular complexity index is 553. The number of hydrogen-bond acceptors (Lipinski definition) is 6. The normalized spacial score (nSPS) is 16.7. The van der Waals surface area contributed by atoms with Crippen LogP contribution in [0.4, 0.5) is 0 Å². The summed E-state index contributed by atoms with van der Waals surface area (Å²) in [5.41, 5.74) is 7.16. The first-order valence-corrected chi connectivity index (χ1v) is 6.61. The highest BCUT2D eigenvalue weighted by atomic mass is 16.5. The minimum atomic E-state index is -0.245. The summed E-state index contributed by atoms with van der Waals surface area (Å²) in [6.45, 7) is 3.99. The average Bonchev–Trinajstić information content (AvgIpc) is 2.52. The predicted molar refractivity (Wildman–Crippen MR) is 78.2 cm³/mol. The van der Waals surface area contributed by atoms with Gasteiger partial charge in [-0.05, 0) is 6.92 Å². The van der Waals surface area contributed by atoms with E-state index in [1.54, 1.807) is 6.92 Å². The molecule has 0 unspecified atom stereocenters. The van der Waals surface area contributed by atoms with Crippen LogP contribution in [0.5, 0.6) is 5.75 Å². The fraction of sp³-hybridized carbons (Fsp3) is 0.462. The van der Waals surface area contributed by atoms with Gasteiger partial charge < -0.3 is 25.6 Å². The number of aromatic nitrogens is 1. The van der Waals surface area contributed by atoms with Crippen LogP contribution in [0.3, 0.4) is 0 Å². The van der Waals surface area contributed by atoms with Crippen LogP contribution in [-0.2, 0) is 11.3 Å². The molecule has 1 aliphatic heterocycles. The minimum absolute atomic E-state index is 0.0227. The summed E-state index contributed by atoms with van der Waals surface area (Å²) < 4.78 is 5.22. The SMILES string of the molecule is Cc1ncc(CO)c(/C=N/N=C(/N)N2CCOCC2)c1O. The number of rotatable bonds is 3. The molecule has 4 N–H and O–H groups in total. The highest BCUT2D eigenvalue weighted by Crippen LogP contribution is 2.21. The van der Waals surface area contributed by atoms with Gasteiger partial charge in [0.05, 0.1) is 31.7 Å². The smallest absolute Gasteiger partial charge is 0.216 e. The maximum atomic E-state index is 9.95. The number of nitrogens with two attached hydrogens (primary N) is 1. The summed E-state index contributed by atoms with van der Waals surface area (Å²) in [4.78, 5) is 5.84. The van der Waals surface area contributed by atoms with Gasteiger partial charge in [0, 0.05) is 30.4 Å². The van der Waals surface area contributed by atoms with Crippen LogP contribution < -0.4 is 5.73 Å². The fourth-order valence-corrected chi connectivity index (χ4v) is 1.92. The Hall–Kier alpha value is -2.19. The molecule has 0 bridgehead atoms. The fourth-order valence-electron chi connectivity index (χ4n) is 1.92. The first-order valence-electron chi connectivity index (χ1n) is 6.61. The molecular weight excluding hydrogens is 274 g/mol. The van der Waals surface area contributed by atoms with E-state index in [1.165, 1.54) is 12.4 Å². The standard InChI is InChI=1S/C13H19N5O3/c1-9-12(20)11(10(8-19)6-15-9)7-16-17-13(14)18-2-4-21-5-3-18/h6-7,19-20H,2-5,8H2,1H3,(H2,14,17)/b16-7+. The molecule has 0 aromatic carbocycles. The van der Waals surface area contributed by atoms with Crippen molar-refractivity contribution in [2.45, 2.75) is 13.5 Å². The molecule has 0 atom stereocenters. The Morgan fingerprint density at radius 3 is 2.90 bits per heavy atom. The molecular formula is C13H19N5O3. The second-order valence-corrected chi connectivity index (χ2v) is 4.59. The van der Waals surface area contributed by atoms with Crippen molar-refractivity contribution in [3.8, 4) is 5.75 Å². The number of aliphatic hydroxyl groups is 1. The topological polar surface area (TPSA) is 117 Å². The van der Waals surface area contributed by atoms with E-state index in [-0.39, 0.29) is 12.4 Å². The molecule has 0 saturated carbocycles. The molecule has 1 aromatic heterocycles. The number of ether oxygens (including phenoxy) is 1. The largest absolute Gasteiger partial charge is 0.505 e. The monoisotopic (exact) mass is 293 g/mol. The van der Waals surface area contributed by atoms with Gasteiger partial charge in [0.25, 0.3) is 0 Å². The van der Waals surface area contributed by atoms with Crippen molar-refractivity contribution in [3.05, 3.63) is 23.0 Å². The van der Waals surface area contributed by atoms with E-state index in [4.69, 9.17) is 10.5 Å². The van der Waals surface area contributed by atoms with Crippen molar-refractivity contribution in [1.82, 2.24) is 9.88 Å². The Morgan fingerprint density at radius 2 is 2.24 bits per heavy atom. The van der Waals surface area contributed by atoms with Crippen molar-refractivity contribution in [2.24, 2.45) is 15.9 Å². The number of nitrogens with zero attached hydrogens (tertiary/aromatic N) is 4. The Kier molecular flexibility index (Phi) is 5.07. The van der Waals surface area contributed by atoms with Gasteiger partial charge in [0.15, 0.2) is 0 Å². The summed E-state index contributed by atoms with van der Waals surface area (Å²) in [7, 11) is 0. The quantitative estimate of drug-likeness (QED) is 0.395. The van der Waals surface area contributed by atoms with E-state index in [9.17, 15) is 10.2 Å². The van der Waals surface area contributed by atoms with Gasteiger partial charge in [-0.3, -0.25) is 4.98 Å². The van der Waals surface area contributed by atoms with Crippen LogP contribution >= 0.6 is 0 Å². The highest BCUT2D eigenvalue weighted by molar-refractivity contribution is 5.86. The molecule has 114 valence electrons. The van der Waals surface area contributed by atoms with Gasteiger partial charge >= 0.3 is 0 Å². The number of hydrogen-bond donors (Lipinski definition) is 3. The Balaban J connectivity index is 2.15. The van der Waals surface area contributed by atoms with E-state index in [2.05, 4.69) is 15.2 Å². The third-order valence-corrected chi connectivity index (χ3v) is 3.21. The Morgan fingerprint density at radius 1 is 1.52 bits per heavy atom. The van der Waals surface area contributed by atoms with Gasteiger partial charge in [0.2, 0.25) is 5.96 Å². The van der Waals surface area contributed by atoms with Crippen molar-refractivity contribution in [3.63, 3.8) is 0 Å². The van der Waals surface area contributed by atoms with Gasteiger partial charge in [-0.25, -0.2) is 0 Å². The van der Waals surface area contributed by atoms with Gasteiger partial charge in [-0.2, -0.15) is 5.10 Å². The molecule has 8 nitrogen and oxygen atoms in total. The van der Waals surface area contributed by atoms with E-state index in [0.29, 0.717) is 49.1 Å². The molecule has 2 rings (SSSR count). The lowest BCUT2D eigenvalue weighted by Gasteiger charge is -2.26.